The highest BCUT2D eigenvalue weighted by Crippen LogP contribution is 2.31. The van der Waals surface area contributed by atoms with Crippen molar-refractivity contribution >= 4 is 28.4 Å². The quantitative estimate of drug-likeness (QED) is 0.670. The van der Waals surface area contributed by atoms with Crippen LogP contribution in [0, 0.1) is 13.8 Å². The average molecular weight is 273 g/mol. The summed E-state index contributed by atoms with van der Waals surface area (Å²) >= 11 is 6.03. The van der Waals surface area contributed by atoms with Crippen molar-refractivity contribution in [1.82, 2.24) is 4.98 Å². The maximum absolute atomic E-state index is 6.03. The van der Waals surface area contributed by atoms with Crippen LogP contribution in [0.2, 0.25) is 5.02 Å². The summed E-state index contributed by atoms with van der Waals surface area (Å²) in [6.07, 6.45) is 0. The number of fused-ring (bicyclic) bond motifs is 1. The van der Waals surface area contributed by atoms with E-state index in [2.05, 4.69) is 4.98 Å². The zero-order valence-electron chi connectivity index (χ0n) is 10.7. The molecule has 0 aliphatic rings. The molecule has 0 spiro atoms. The molecule has 0 fully saturated rings. The predicted molar refractivity (Wildman–Crippen MR) is 78.3 cm³/mol. The number of benzene rings is 2. The molecule has 2 aromatic carbocycles. The standard InChI is InChI=1S/C15H13ClN2O/c1-8-3-4-12(17)11(5-8)15-18-13-7-10(16)6-9(2)14(13)19-15/h3-7H,17H2,1-2H3. The third kappa shape index (κ3) is 2.06. The van der Waals surface area contributed by atoms with Gasteiger partial charge < -0.3 is 10.2 Å². The Hall–Kier alpha value is -2.00. The molecule has 0 saturated carbocycles. The first-order chi connectivity index (χ1) is 9.04. The second-order valence-corrected chi connectivity index (χ2v) is 5.12. The van der Waals surface area contributed by atoms with E-state index in [1.165, 1.54) is 0 Å². The molecule has 0 bridgehead atoms. The van der Waals surface area contributed by atoms with E-state index in [0.29, 0.717) is 16.6 Å². The van der Waals surface area contributed by atoms with Gasteiger partial charge in [0, 0.05) is 10.7 Å². The molecule has 3 rings (SSSR count). The van der Waals surface area contributed by atoms with Crippen molar-refractivity contribution in [3.63, 3.8) is 0 Å². The molecule has 3 aromatic rings. The van der Waals surface area contributed by atoms with Gasteiger partial charge in [-0.1, -0.05) is 23.2 Å². The van der Waals surface area contributed by atoms with E-state index in [9.17, 15) is 0 Å². The molecule has 0 unspecified atom stereocenters. The first-order valence-electron chi connectivity index (χ1n) is 5.98. The van der Waals surface area contributed by atoms with Crippen molar-refractivity contribution < 1.29 is 4.42 Å². The molecule has 0 amide bonds. The Labute approximate surface area is 116 Å². The molecule has 1 aromatic heterocycles. The molecule has 1 heterocycles. The molecule has 2 N–H and O–H groups in total. The number of aryl methyl sites for hydroxylation is 2. The number of oxazole rings is 1. The van der Waals surface area contributed by atoms with Gasteiger partial charge in [-0.05, 0) is 43.7 Å². The normalized spacial score (nSPS) is 11.1. The van der Waals surface area contributed by atoms with Crippen LogP contribution in [0.15, 0.2) is 34.7 Å². The Morgan fingerprint density at radius 3 is 2.74 bits per heavy atom. The fraction of sp³-hybridized carbons (Fsp3) is 0.133. The molecule has 0 radical (unpaired) electrons. The molecule has 0 saturated heterocycles. The van der Waals surface area contributed by atoms with Crippen LogP contribution < -0.4 is 5.73 Å². The molecule has 19 heavy (non-hydrogen) atoms. The molecule has 4 heteroatoms. The van der Waals surface area contributed by atoms with Crippen LogP contribution in [0.1, 0.15) is 11.1 Å². The van der Waals surface area contributed by atoms with Gasteiger partial charge in [0.2, 0.25) is 5.89 Å². The van der Waals surface area contributed by atoms with E-state index in [1.54, 1.807) is 6.07 Å². The smallest absolute Gasteiger partial charge is 0.229 e. The topological polar surface area (TPSA) is 52.0 Å². The van der Waals surface area contributed by atoms with E-state index in [1.807, 2.05) is 38.1 Å². The Bertz CT molecular complexity index is 777. The zero-order valence-corrected chi connectivity index (χ0v) is 11.5. The molecule has 3 nitrogen and oxygen atoms in total. The summed E-state index contributed by atoms with van der Waals surface area (Å²) in [5.74, 6) is 0.529. The molecular weight excluding hydrogens is 260 g/mol. The lowest BCUT2D eigenvalue weighted by atomic mass is 10.1. The molecule has 0 aliphatic heterocycles. The number of aromatic nitrogens is 1. The van der Waals surface area contributed by atoms with Crippen molar-refractivity contribution in [2.45, 2.75) is 13.8 Å². The van der Waals surface area contributed by atoms with Crippen LogP contribution in [0.4, 0.5) is 5.69 Å². The number of hydrogen-bond acceptors (Lipinski definition) is 3. The minimum atomic E-state index is 0.529. The summed E-state index contributed by atoms with van der Waals surface area (Å²) in [5.41, 5.74) is 11.0. The van der Waals surface area contributed by atoms with E-state index in [4.69, 9.17) is 21.8 Å². The van der Waals surface area contributed by atoms with E-state index >= 15 is 0 Å². The summed E-state index contributed by atoms with van der Waals surface area (Å²) in [6.45, 7) is 3.95. The van der Waals surface area contributed by atoms with Crippen molar-refractivity contribution in [3.8, 4) is 11.5 Å². The second kappa shape index (κ2) is 4.28. The largest absolute Gasteiger partial charge is 0.436 e. The average Bonchev–Trinajstić information content (AvgIpc) is 2.76. The fourth-order valence-corrected chi connectivity index (χ4v) is 2.39. The van der Waals surface area contributed by atoms with Gasteiger partial charge in [0.05, 0.1) is 5.56 Å². The number of nitrogen functional groups attached to an aromatic ring is 1. The van der Waals surface area contributed by atoms with E-state index in [0.717, 1.165) is 27.8 Å². The minimum Gasteiger partial charge on any atom is -0.436 e. The SMILES string of the molecule is Cc1ccc(N)c(-c2nc3cc(Cl)cc(C)c3o2)c1. The first-order valence-corrected chi connectivity index (χ1v) is 6.35. The van der Waals surface area contributed by atoms with Crippen LogP contribution in [0.3, 0.4) is 0 Å². The van der Waals surface area contributed by atoms with Crippen LogP contribution in [0.25, 0.3) is 22.6 Å². The Balaban J connectivity index is 2.26. The second-order valence-electron chi connectivity index (χ2n) is 4.68. The van der Waals surface area contributed by atoms with Gasteiger partial charge in [0.15, 0.2) is 5.58 Å². The molecule has 96 valence electrons. The highest BCUT2D eigenvalue weighted by Gasteiger charge is 2.13. The van der Waals surface area contributed by atoms with Crippen molar-refractivity contribution in [2.24, 2.45) is 0 Å². The number of nitrogens with zero attached hydrogens (tertiary/aromatic N) is 1. The van der Waals surface area contributed by atoms with Gasteiger partial charge in [-0.25, -0.2) is 4.98 Å². The van der Waals surface area contributed by atoms with Crippen LogP contribution in [0.5, 0.6) is 0 Å². The summed E-state index contributed by atoms with van der Waals surface area (Å²) in [6, 6.07) is 9.45. The fourth-order valence-electron chi connectivity index (χ4n) is 2.13. The van der Waals surface area contributed by atoms with Gasteiger partial charge >= 0.3 is 0 Å². The van der Waals surface area contributed by atoms with Crippen molar-refractivity contribution in [1.29, 1.82) is 0 Å². The van der Waals surface area contributed by atoms with E-state index in [-0.39, 0.29) is 0 Å². The van der Waals surface area contributed by atoms with Gasteiger partial charge in [-0.15, -0.1) is 0 Å². The van der Waals surface area contributed by atoms with Crippen molar-refractivity contribution in [3.05, 3.63) is 46.5 Å². The van der Waals surface area contributed by atoms with Crippen LogP contribution in [-0.2, 0) is 0 Å². The monoisotopic (exact) mass is 272 g/mol. The Morgan fingerprint density at radius 2 is 1.95 bits per heavy atom. The molecule has 0 atom stereocenters. The summed E-state index contributed by atoms with van der Waals surface area (Å²) in [5, 5.41) is 0.655. The van der Waals surface area contributed by atoms with Crippen molar-refractivity contribution in [2.75, 3.05) is 5.73 Å². The molecule has 0 aliphatic carbocycles. The molecular formula is C15H13ClN2O. The maximum Gasteiger partial charge on any atom is 0.229 e. The first kappa shape index (κ1) is 12.1. The van der Waals surface area contributed by atoms with Gasteiger partial charge in [-0.2, -0.15) is 0 Å². The lowest BCUT2D eigenvalue weighted by Crippen LogP contribution is -1.90. The number of halogens is 1. The van der Waals surface area contributed by atoms with Crippen LogP contribution >= 0.6 is 11.6 Å². The third-order valence-electron chi connectivity index (χ3n) is 3.08. The number of rotatable bonds is 1. The predicted octanol–water partition coefficient (Wildman–Crippen LogP) is 4.35. The Kier molecular flexibility index (Phi) is 2.72. The lowest BCUT2D eigenvalue weighted by molar-refractivity contribution is 0.617. The summed E-state index contributed by atoms with van der Waals surface area (Å²) in [7, 11) is 0. The van der Waals surface area contributed by atoms with Crippen LogP contribution in [-0.4, -0.2) is 4.98 Å². The highest BCUT2D eigenvalue weighted by atomic mass is 35.5. The highest BCUT2D eigenvalue weighted by molar-refractivity contribution is 6.31. The summed E-state index contributed by atoms with van der Waals surface area (Å²) in [4.78, 5) is 4.48. The van der Waals surface area contributed by atoms with E-state index < -0.39 is 0 Å². The lowest BCUT2D eigenvalue weighted by Gasteiger charge is -2.02. The number of nitrogens with two attached hydrogens (primary N) is 1. The van der Waals surface area contributed by atoms with Gasteiger partial charge in [-0.3, -0.25) is 0 Å². The van der Waals surface area contributed by atoms with Gasteiger partial charge in [0.1, 0.15) is 5.52 Å². The number of anilines is 1. The maximum atomic E-state index is 6.03. The Morgan fingerprint density at radius 1 is 1.16 bits per heavy atom. The minimum absolute atomic E-state index is 0.529. The zero-order chi connectivity index (χ0) is 13.6. The van der Waals surface area contributed by atoms with Gasteiger partial charge in [0.25, 0.3) is 0 Å². The summed E-state index contributed by atoms with van der Waals surface area (Å²) < 4.78 is 5.83. The number of hydrogen-bond donors (Lipinski definition) is 1. The third-order valence-corrected chi connectivity index (χ3v) is 3.30.